The van der Waals surface area contributed by atoms with Crippen molar-refractivity contribution in [2.24, 2.45) is 0 Å². The van der Waals surface area contributed by atoms with Gasteiger partial charge in [-0.05, 0) is 69.8 Å². The summed E-state index contributed by atoms with van der Waals surface area (Å²) in [5.74, 6) is 1.83. The van der Waals surface area contributed by atoms with Crippen LogP contribution >= 0.6 is 0 Å². The summed E-state index contributed by atoms with van der Waals surface area (Å²) in [6.45, 7) is 9.40. The van der Waals surface area contributed by atoms with Gasteiger partial charge in [0.2, 0.25) is 0 Å². The lowest BCUT2D eigenvalue weighted by molar-refractivity contribution is 0.332. The summed E-state index contributed by atoms with van der Waals surface area (Å²) in [5.41, 5.74) is 7.35. The summed E-state index contributed by atoms with van der Waals surface area (Å²) >= 11 is 0. The van der Waals surface area contributed by atoms with Gasteiger partial charge in [0.1, 0.15) is 5.69 Å². The molecule has 3 heterocycles. The van der Waals surface area contributed by atoms with Crippen LogP contribution in [0, 0.1) is 0 Å². The highest BCUT2D eigenvalue weighted by atomic mass is 15.0. The Morgan fingerprint density at radius 2 is 1.07 bits per heavy atom. The van der Waals surface area contributed by atoms with Gasteiger partial charge in [0.25, 0.3) is 0 Å². The minimum absolute atomic E-state index is 0.0753. The van der Waals surface area contributed by atoms with Crippen molar-refractivity contribution in [3.05, 3.63) is 114 Å². The average molecular weight is 572 g/mol. The monoisotopic (exact) mass is 571 g/mol. The molecule has 3 aromatic heterocycles. The van der Waals surface area contributed by atoms with E-state index < -0.39 is 0 Å². The van der Waals surface area contributed by atoms with Crippen LogP contribution in [0.15, 0.2) is 103 Å². The van der Waals surface area contributed by atoms with E-state index in [-0.39, 0.29) is 10.8 Å². The van der Waals surface area contributed by atoms with Gasteiger partial charge < -0.3 is 0 Å². The maximum atomic E-state index is 5.09. The first kappa shape index (κ1) is 26.6. The van der Waals surface area contributed by atoms with Crippen LogP contribution in [0.3, 0.4) is 0 Å². The lowest BCUT2D eigenvalue weighted by Crippen LogP contribution is -2.33. The molecule has 0 atom stereocenters. The second-order valence-corrected chi connectivity index (χ2v) is 13.3. The number of rotatable bonds is 3. The predicted octanol–water partition coefficient (Wildman–Crippen LogP) is 9.47. The van der Waals surface area contributed by atoms with Crippen LogP contribution in [0.2, 0.25) is 0 Å². The molecule has 214 valence electrons. The smallest absolute Gasteiger partial charge is 0.182 e. The lowest BCUT2D eigenvalue weighted by atomic mass is 9.63. The fourth-order valence-corrected chi connectivity index (χ4v) is 6.65. The first-order chi connectivity index (χ1) is 21.2. The van der Waals surface area contributed by atoms with Crippen molar-refractivity contribution in [2.75, 3.05) is 0 Å². The Hall–Kier alpha value is -5.03. The Kier molecular flexibility index (Phi) is 5.89. The number of nitrogens with zero attached hydrogens (tertiary/aromatic N) is 5. The molecule has 5 heteroatoms. The zero-order chi connectivity index (χ0) is 30.1. The highest BCUT2D eigenvalue weighted by molar-refractivity contribution is 6.03. The van der Waals surface area contributed by atoms with Crippen molar-refractivity contribution in [1.82, 2.24) is 24.9 Å². The molecule has 44 heavy (non-hydrogen) atoms. The zero-order valence-electron chi connectivity index (χ0n) is 25.5. The molecule has 7 aromatic rings. The van der Waals surface area contributed by atoms with E-state index in [0.717, 1.165) is 44.7 Å². The van der Waals surface area contributed by atoms with Gasteiger partial charge in [0.15, 0.2) is 17.5 Å². The van der Waals surface area contributed by atoms with Crippen molar-refractivity contribution in [3.8, 4) is 34.3 Å². The number of pyridine rings is 2. The quantitative estimate of drug-likeness (QED) is 0.198. The summed E-state index contributed by atoms with van der Waals surface area (Å²) < 4.78 is 0. The third-order valence-corrected chi connectivity index (χ3v) is 9.42. The maximum absolute atomic E-state index is 5.09. The number of fused-ring (bicyclic) bond motifs is 5. The Bertz CT molecular complexity index is 2250. The minimum Gasteiger partial charge on any atom is -0.254 e. The Labute approximate surface area is 257 Å². The van der Waals surface area contributed by atoms with Gasteiger partial charge in [-0.15, -0.1) is 0 Å². The van der Waals surface area contributed by atoms with E-state index in [2.05, 4.69) is 118 Å². The van der Waals surface area contributed by atoms with Crippen LogP contribution in [-0.4, -0.2) is 24.9 Å². The van der Waals surface area contributed by atoms with E-state index in [0.29, 0.717) is 23.2 Å². The van der Waals surface area contributed by atoms with Crippen molar-refractivity contribution in [2.45, 2.75) is 51.4 Å². The first-order valence-electron chi connectivity index (χ1n) is 15.3. The first-order valence-corrected chi connectivity index (χ1v) is 15.3. The third kappa shape index (κ3) is 4.43. The molecule has 0 spiro atoms. The molecule has 0 saturated heterocycles. The molecule has 5 nitrogen and oxygen atoms in total. The molecule has 0 saturated carbocycles. The van der Waals surface area contributed by atoms with Crippen LogP contribution < -0.4 is 0 Å². The summed E-state index contributed by atoms with van der Waals surface area (Å²) in [7, 11) is 0. The van der Waals surface area contributed by atoms with E-state index in [1.165, 1.54) is 22.9 Å². The molecule has 4 aromatic carbocycles. The van der Waals surface area contributed by atoms with Crippen molar-refractivity contribution in [1.29, 1.82) is 0 Å². The predicted molar refractivity (Wildman–Crippen MR) is 180 cm³/mol. The lowest BCUT2D eigenvalue weighted by Gasteiger charge is -2.42. The van der Waals surface area contributed by atoms with Crippen molar-refractivity contribution >= 4 is 32.6 Å². The molecule has 0 fully saturated rings. The second-order valence-electron chi connectivity index (χ2n) is 13.3. The highest BCUT2D eigenvalue weighted by Crippen LogP contribution is 2.46. The number of hydrogen-bond donors (Lipinski definition) is 0. The highest BCUT2D eigenvalue weighted by Gasteiger charge is 2.37. The normalized spacial score (nSPS) is 15.5. The summed E-state index contributed by atoms with van der Waals surface area (Å²) in [6, 6.07) is 33.8. The fourth-order valence-electron chi connectivity index (χ4n) is 6.65. The maximum Gasteiger partial charge on any atom is 0.182 e. The number of benzene rings is 4. The van der Waals surface area contributed by atoms with Crippen LogP contribution in [0.1, 0.15) is 51.7 Å². The van der Waals surface area contributed by atoms with E-state index in [1.54, 1.807) is 0 Å². The molecule has 0 radical (unpaired) electrons. The molecule has 8 rings (SSSR count). The average Bonchev–Trinajstić information content (AvgIpc) is 3.06. The molecule has 1 aliphatic carbocycles. The van der Waals surface area contributed by atoms with E-state index in [9.17, 15) is 0 Å². The van der Waals surface area contributed by atoms with Gasteiger partial charge in [0, 0.05) is 28.1 Å². The zero-order valence-corrected chi connectivity index (χ0v) is 25.5. The molecular formula is C39H33N5. The van der Waals surface area contributed by atoms with Crippen LogP contribution in [0.5, 0.6) is 0 Å². The topological polar surface area (TPSA) is 64.5 Å². The standard InChI is InChI=1S/C39H33N5/c1-38(2)19-20-39(3,4)31-23-29(15-17-30(31)38)36-42-35(28-14-11-24-8-5-6-9-27(24)22-28)43-37(44-36)32-18-16-26-13-12-25-10-7-21-40-33(25)34(26)41-32/h5-18,21-23H,19-20H2,1-4H3. The van der Waals surface area contributed by atoms with Crippen molar-refractivity contribution in [3.63, 3.8) is 0 Å². The Balaban J connectivity index is 1.35. The van der Waals surface area contributed by atoms with E-state index >= 15 is 0 Å². The fraction of sp³-hybridized carbons (Fsp3) is 0.205. The molecule has 0 aliphatic heterocycles. The SMILES string of the molecule is CC1(C)CCC(C)(C)c2cc(-c3nc(-c4ccc5ccccc5c4)nc(-c4ccc5ccc6cccnc6c5n4)n3)ccc21. The third-order valence-electron chi connectivity index (χ3n) is 9.42. The molecule has 0 amide bonds. The summed E-state index contributed by atoms with van der Waals surface area (Å²) in [4.78, 5) is 24.9. The van der Waals surface area contributed by atoms with Crippen LogP contribution in [-0.2, 0) is 10.8 Å². The van der Waals surface area contributed by atoms with Gasteiger partial charge in [-0.1, -0.05) is 100 Å². The Morgan fingerprint density at radius 1 is 0.477 bits per heavy atom. The van der Waals surface area contributed by atoms with Gasteiger partial charge in [-0.25, -0.2) is 19.9 Å². The van der Waals surface area contributed by atoms with Gasteiger partial charge in [-0.3, -0.25) is 4.98 Å². The molecule has 0 unspecified atom stereocenters. The van der Waals surface area contributed by atoms with Crippen molar-refractivity contribution < 1.29 is 0 Å². The minimum atomic E-state index is 0.0753. The van der Waals surface area contributed by atoms with Gasteiger partial charge in [0.05, 0.1) is 11.0 Å². The van der Waals surface area contributed by atoms with Gasteiger partial charge >= 0.3 is 0 Å². The molecule has 1 aliphatic rings. The molecule has 0 N–H and O–H groups in total. The summed E-state index contributed by atoms with van der Waals surface area (Å²) in [5, 5.41) is 4.41. The number of aromatic nitrogens is 5. The molecular weight excluding hydrogens is 538 g/mol. The van der Waals surface area contributed by atoms with Crippen LogP contribution in [0.25, 0.3) is 66.9 Å². The van der Waals surface area contributed by atoms with E-state index in [1.807, 2.05) is 18.3 Å². The second kappa shape index (κ2) is 9.75. The largest absolute Gasteiger partial charge is 0.254 e. The van der Waals surface area contributed by atoms with Crippen LogP contribution in [0.4, 0.5) is 0 Å². The van der Waals surface area contributed by atoms with E-state index in [4.69, 9.17) is 19.9 Å². The van der Waals surface area contributed by atoms with Gasteiger partial charge in [-0.2, -0.15) is 0 Å². The Morgan fingerprint density at radius 3 is 1.86 bits per heavy atom. The number of hydrogen-bond acceptors (Lipinski definition) is 5. The summed E-state index contributed by atoms with van der Waals surface area (Å²) in [6.07, 6.45) is 4.13. The molecule has 0 bridgehead atoms.